The van der Waals surface area contributed by atoms with Crippen molar-refractivity contribution < 1.29 is 0 Å². The number of nitrogens with zero attached hydrogens (tertiary/aromatic N) is 2. The van der Waals surface area contributed by atoms with Crippen LogP contribution < -0.4 is 5.32 Å². The molecule has 5 heteroatoms. The molecule has 0 saturated carbocycles. The number of halogens is 1. The summed E-state index contributed by atoms with van der Waals surface area (Å²) in [6.07, 6.45) is 3.21. The van der Waals surface area contributed by atoms with Crippen LogP contribution in [0.4, 0.5) is 5.82 Å². The summed E-state index contributed by atoms with van der Waals surface area (Å²) in [6.45, 7) is 4.92. The summed E-state index contributed by atoms with van der Waals surface area (Å²) in [6, 6.07) is 3.85. The van der Waals surface area contributed by atoms with Crippen molar-refractivity contribution >= 4 is 29.2 Å². The van der Waals surface area contributed by atoms with Gasteiger partial charge in [0.05, 0.1) is 10.7 Å². The highest BCUT2D eigenvalue weighted by Crippen LogP contribution is 2.18. The third-order valence-corrected chi connectivity index (χ3v) is 3.51. The maximum atomic E-state index is 6.19. The third kappa shape index (κ3) is 5.46. The monoisotopic (exact) mass is 287 g/mol. The molecule has 0 spiro atoms. The summed E-state index contributed by atoms with van der Waals surface area (Å²) in [5.74, 6) is 2.04. The minimum absolute atomic E-state index is 0.744. The molecule has 0 aromatic carbocycles. The van der Waals surface area contributed by atoms with Gasteiger partial charge in [-0.1, -0.05) is 18.5 Å². The van der Waals surface area contributed by atoms with E-state index in [1.165, 1.54) is 0 Å². The van der Waals surface area contributed by atoms with Crippen LogP contribution in [0.25, 0.3) is 0 Å². The fourth-order valence-corrected chi connectivity index (χ4v) is 2.19. The first kappa shape index (κ1) is 15.6. The standard InChI is InChI=1S/C13H22ClN3S/c1-4-7-15-13-6-5-11(14)12(16-13)10-17(2)8-9-18-3/h5-6H,4,7-10H2,1-3H3,(H,15,16). The maximum Gasteiger partial charge on any atom is 0.126 e. The Morgan fingerprint density at radius 1 is 1.44 bits per heavy atom. The van der Waals surface area contributed by atoms with E-state index in [9.17, 15) is 0 Å². The Kier molecular flexibility index (Phi) is 7.47. The molecule has 0 radical (unpaired) electrons. The fraction of sp³-hybridized carbons (Fsp3) is 0.615. The van der Waals surface area contributed by atoms with Crippen LogP contribution >= 0.6 is 23.4 Å². The van der Waals surface area contributed by atoms with Gasteiger partial charge in [0.1, 0.15) is 5.82 Å². The highest BCUT2D eigenvalue weighted by atomic mass is 35.5. The Labute approximate surface area is 119 Å². The van der Waals surface area contributed by atoms with Gasteiger partial charge in [0.2, 0.25) is 0 Å². The van der Waals surface area contributed by atoms with Crippen LogP contribution in [0.2, 0.25) is 5.02 Å². The largest absolute Gasteiger partial charge is 0.370 e. The average molecular weight is 288 g/mol. The number of hydrogen-bond acceptors (Lipinski definition) is 4. The first-order chi connectivity index (χ1) is 8.67. The van der Waals surface area contributed by atoms with Crippen molar-refractivity contribution in [3.05, 3.63) is 22.8 Å². The lowest BCUT2D eigenvalue weighted by atomic mass is 10.3. The highest BCUT2D eigenvalue weighted by Gasteiger charge is 2.07. The molecule has 0 bridgehead atoms. The molecule has 0 amide bonds. The lowest BCUT2D eigenvalue weighted by Gasteiger charge is -2.17. The first-order valence-electron chi connectivity index (χ1n) is 6.24. The Bertz CT molecular complexity index is 360. The molecule has 102 valence electrons. The molecule has 3 nitrogen and oxygen atoms in total. The number of thioether (sulfide) groups is 1. The van der Waals surface area contributed by atoms with Crippen LogP contribution in [0, 0.1) is 0 Å². The first-order valence-corrected chi connectivity index (χ1v) is 8.01. The molecule has 0 aliphatic carbocycles. The van der Waals surface area contributed by atoms with Gasteiger partial charge >= 0.3 is 0 Å². The summed E-state index contributed by atoms with van der Waals surface area (Å²) in [5.41, 5.74) is 0.946. The molecule has 1 heterocycles. The van der Waals surface area contributed by atoms with Gasteiger partial charge in [0.15, 0.2) is 0 Å². The second kappa shape index (κ2) is 8.62. The molecule has 1 rings (SSSR count). The van der Waals surface area contributed by atoms with E-state index in [-0.39, 0.29) is 0 Å². The molecule has 0 fully saturated rings. The summed E-state index contributed by atoms with van der Waals surface area (Å²) >= 11 is 8.04. The van der Waals surface area contributed by atoms with Crippen molar-refractivity contribution in [3.8, 4) is 0 Å². The van der Waals surface area contributed by atoms with E-state index < -0.39 is 0 Å². The minimum atomic E-state index is 0.744. The maximum absolute atomic E-state index is 6.19. The SMILES string of the molecule is CCCNc1ccc(Cl)c(CN(C)CCSC)n1. The average Bonchev–Trinajstić information content (AvgIpc) is 2.37. The number of nitrogens with one attached hydrogen (secondary N) is 1. The van der Waals surface area contributed by atoms with Crippen molar-refractivity contribution in [1.82, 2.24) is 9.88 Å². The molecule has 1 aromatic rings. The second-order valence-corrected chi connectivity index (χ2v) is 5.68. The van der Waals surface area contributed by atoms with Gasteiger partial charge in [-0.05, 0) is 31.9 Å². The van der Waals surface area contributed by atoms with Gasteiger partial charge in [-0.2, -0.15) is 11.8 Å². The Morgan fingerprint density at radius 2 is 2.22 bits per heavy atom. The molecular weight excluding hydrogens is 266 g/mol. The van der Waals surface area contributed by atoms with Gasteiger partial charge < -0.3 is 5.32 Å². The second-order valence-electron chi connectivity index (χ2n) is 4.28. The summed E-state index contributed by atoms with van der Waals surface area (Å²) in [5, 5.41) is 4.03. The minimum Gasteiger partial charge on any atom is -0.370 e. The Balaban J connectivity index is 2.62. The predicted molar refractivity (Wildman–Crippen MR) is 82.7 cm³/mol. The zero-order valence-electron chi connectivity index (χ0n) is 11.4. The number of hydrogen-bond donors (Lipinski definition) is 1. The van der Waals surface area contributed by atoms with E-state index in [0.29, 0.717) is 0 Å². The van der Waals surface area contributed by atoms with Crippen molar-refractivity contribution in [2.24, 2.45) is 0 Å². The van der Waals surface area contributed by atoms with Crippen molar-refractivity contribution in [2.75, 3.05) is 37.5 Å². The molecule has 0 aliphatic rings. The number of aromatic nitrogens is 1. The van der Waals surface area contributed by atoms with Crippen LogP contribution in [0.3, 0.4) is 0 Å². The van der Waals surface area contributed by atoms with Crippen LogP contribution in [-0.4, -0.2) is 42.0 Å². The van der Waals surface area contributed by atoms with E-state index in [1.807, 2.05) is 23.9 Å². The van der Waals surface area contributed by atoms with Gasteiger partial charge in [0, 0.05) is 25.4 Å². The van der Waals surface area contributed by atoms with Crippen molar-refractivity contribution in [3.63, 3.8) is 0 Å². The highest BCUT2D eigenvalue weighted by molar-refractivity contribution is 7.98. The lowest BCUT2D eigenvalue weighted by Crippen LogP contribution is -2.21. The predicted octanol–water partition coefficient (Wildman–Crippen LogP) is 3.35. The molecule has 0 unspecified atom stereocenters. The van der Waals surface area contributed by atoms with Crippen LogP contribution in [0.5, 0.6) is 0 Å². The van der Waals surface area contributed by atoms with Crippen molar-refractivity contribution in [1.29, 1.82) is 0 Å². The van der Waals surface area contributed by atoms with Gasteiger partial charge in [-0.25, -0.2) is 4.98 Å². The smallest absolute Gasteiger partial charge is 0.126 e. The van der Waals surface area contributed by atoms with Crippen LogP contribution in [0.1, 0.15) is 19.0 Å². The molecule has 0 saturated heterocycles. The third-order valence-electron chi connectivity index (χ3n) is 2.57. The molecule has 0 aliphatic heterocycles. The number of anilines is 1. The number of pyridine rings is 1. The van der Waals surface area contributed by atoms with Gasteiger partial charge in [0.25, 0.3) is 0 Å². The topological polar surface area (TPSA) is 28.2 Å². The molecule has 1 N–H and O–H groups in total. The van der Waals surface area contributed by atoms with E-state index in [2.05, 4.69) is 35.4 Å². The molecule has 1 aromatic heterocycles. The van der Waals surface area contributed by atoms with E-state index in [1.54, 1.807) is 0 Å². The summed E-state index contributed by atoms with van der Waals surface area (Å²) in [4.78, 5) is 6.81. The Hall–Kier alpha value is -0.450. The zero-order valence-corrected chi connectivity index (χ0v) is 12.9. The summed E-state index contributed by atoms with van der Waals surface area (Å²) < 4.78 is 0. The van der Waals surface area contributed by atoms with E-state index in [0.717, 1.165) is 48.3 Å². The van der Waals surface area contributed by atoms with Crippen LogP contribution in [-0.2, 0) is 6.54 Å². The summed E-state index contributed by atoms with van der Waals surface area (Å²) in [7, 11) is 2.10. The lowest BCUT2D eigenvalue weighted by molar-refractivity contribution is 0.344. The number of rotatable bonds is 8. The molecule has 0 atom stereocenters. The van der Waals surface area contributed by atoms with E-state index in [4.69, 9.17) is 11.6 Å². The normalized spacial score (nSPS) is 10.9. The van der Waals surface area contributed by atoms with E-state index >= 15 is 0 Å². The Morgan fingerprint density at radius 3 is 2.89 bits per heavy atom. The van der Waals surface area contributed by atoms with Crippen molar-refractivity contribution in [2.45, 2.75) is 19.9 Å². The quantitative estimate of drug-likeness (QED) is 0.794. The van der Waals surface area contributed by atoms with Gasteiger partial charge in [-0.3, -0.25) is 4.90 Å². The van der Waals surface area contributed by atoms with Gasteiger partial charge in [-0.15, -0.1) is 0 Å². The fourth-order valence-electron chi connectivity index (χ4n) is 1.53. The molecular formula is C13H22ClN3S. The van der Waals surface area contributed by atoms with Crippen LogP contribution in [0.15, 0.2) is 12.1 Å². The molecule has 18 heavy (non-hydrogen) atoms. The zero-order chi connectivity index (χ0) is 13.4.